The number of ether oxygens (including phenoxy) is 2. The van der Waals surface area contributed by atoms with Gasteiger partial charge in [0.25, 0.3) is 0 Å². The summed E-state index contributed by atoms with van der Waals surface area (Å²) in [5, 5.41) is 0. The fraction of sp³-hybridized carbons (Fsp3) is 0.533. The van der Waals surface area contributed by atoms with Crippen molar-refractivity contribution in [3.8, 4) is 0 Å². The highest BCUT2D eigenvalue weighted by Crippen LogP contribution is 2.17. The van der Waals surface area contributed by atoms with E-state index in [1.54, 1.807) is 6.92 Å². The number of halogens is 2. The van der Waals surface area contributed by atoms with Crippen molar-refractivity contribution in [1.82, 2.24) is 0 Å². The summed E-state index contributed by atoms with van der Waals surface area (Å²) in [5.41, 5.74) is -0.133. The van der Waals surface area contributed by atoms with E-state index >= 15 is 0 Å². The third-order valence-corrected chi connectivity index (χ3v) is 3.49. The molecule has 0 spiro atoms. The molecule has 1 aromatic carbocycles. The van der Waals surface area contributed by atoms with Crippen LogP contribution < -0.4 is 0 Å². The molecule has 0 bridgehead atoms. The SMILES string of the molecule is CC(OCC1CCOCC1)C(=O)c1ccc(F)cc1F. The van der Waals surface area contributed by atoms with Crippen LogP contribution in [0.5, 0.6) is 0 Å². The van der Waals surface area contributed by atoms with Crippen LogP contribution in [0.25, 0.3) is 0 Å². The Morgan fingerprint density at radius 2 is 2.10 bits per heavy atom. The van der Waals surface area contributed by atoms with Crippen molar-refractivity contribution in [3.63, 3.8) is 0 Å². The zero-order chi connectivity index (χ0) is 14.5. The van der Waals surface area contributed by atoms with Gasteiger partial charge >= 0.3 is 0 Å². The molecule has 1 aliphatic rings. The van der Waals surface area contributed by atoms with Gasteiger partial charge in [-0.3, -0.25) is 4.79 Å². The van der Waals surface area contributed by atoms with E-state index in [1.165, 1.54) is 0 Å². The van der Waals surface area contributed by atoms with Crippen molar-refractivity contribution in [3.05, 3.63) is 35.4 Å². The Morgan fingerprint density at radius 3 is 2.75 bits per heavy atom. The van der Waals surface area contributed by atoms with Gasteiger partial charge in [0.2, 0.25) is 0 Å². The Kier molecular flexibility index (Phi) is 5.20. The van der Waals surface area contributed by atoms with Gasteiger partial charge in [-0.15, -0.1) is 0 Å². The van der Waals surface area contributed by atoms with Crippen LogP contribution in [-0.2, 0) is 9.47 Å². The fourth-order valence-corrected chi connectivity index (χ4v) is 2.18. The Balaban J connectivity index is 1.90. The first-order valence-electron chi connectivity index (χ1n) is 6.76. The average molecular weight is 284 g/mol. The molecule has 0 radical (unpaired) electrons. The lowest BCUT2D eigenvalue weighted by atomic mass is 10.0. The van der Waals surface area contributed by atoms with Crippen LogP contribution in [-0.4, -0.2) is 31.7 Å². The number of Topliss-reactive ketones (excluding diaryl/α,β-unsaturated/α-hetero) is 1. The topological polar surface area (TPSA) is 35.5 Å². The van der Waals surface area contributed by atoms with E-state index in [2.05, 4.69) is 0 Å². The van der Waals surface area contributed by atoms with Crippen LogP contribution in [0.4, 0.5) is 8.78 Å². The first-order chi connectivity index (χ1) is 9.58. The standard InChI is InChI=1S/C15H18F2O3/c1-10(20-9-11-4-6-19-7-5-11)15(18)13-3-2-12(16)8-14(13)17/h2-3,8,10-11H,4-7,9H2,1H3. The van der Waals surface area contributed by atoms with Crippen LogP contribution in [0, 0.1) is 17.6 Å². The fourth-order valence-electron chi connectivity index (χ4n) is 2.18. The molecule has 1 unspecified atom stereocenters. The average Bonchev–Trinajstić information content (AvgIpc) is 2.45. The smallest absolute Gasteiger partial charge is 0.194 e. The second kappa shape index (κ2) is 6.90. The lowest BCUT2D eigenvalue weighted by molar-refractivity contribution is -0.000341. The van der Waals surface area contributed by atoms with Crippen LogP contribution in [0.2, 0.25) is 0 Å². The molecule has 1 atom stereocenters. The lowest BCUT2D eigenvalue weighted by Crippen LogP contribution is -2.27. The minimum absolute atomic E-state index is 0.133. The van der Waals surface area contributed by atoms with Gasteiger partial charge in [0.15, 0.2) is 5.78 Å². The Hall–Kier alpha value is -1.33. The van der Waals surface area contributed by atoms with Gasteiger partial charge in [-0.1, -0.05) is 0 Å². The van der Waals surface area contributed by atoms with Crippen LogP contribution in [0.3, 0.4) is 0 Å². The highest BCUT2D eigenvalue weighted by Gasteiger charge is 2.22. The molecule has 0 aromatic heterocycles. The van der Waals surface area contributed by atoms with Crippen LogP contribution in [0.15, 0.2) is 18.2 Å². The van der Waals surface area contributed by atoms with Gasteiger partial charge in [0.05, 0.1) is 12.2 Å². The quantitative estimate of drug-likeness (QED) is 0.780. The van der Waals surface area contributed by atoms with E-state index in [0.717, 1.165) is 25.0 Å². The number of carbonyl (C=O) groups excluding carboxylic acids is 1. The summed E-state index contributed by atoms with van der Waals surface area (Å²) in [6.07, 6.45) is 1.08. The van der Waals surface area contributed by atoms with Gasteiger partial charge in [0.1, 0.15) is 17.7 Å². The van der Waals surface area contributed by atoms with Crippen molar-refractivity contribution in [2.45, 2.75) is 25.9 Å². The van der Waals surface area contributed by atoms with Gasteiger partial charge in [-0.2, -0.15) is 0 Å². The van der Waals surface area contributed by atoms with Gasteiger partial charge in [0, 0.05) is 19.3 Å². The number of rotatable bonds is 5. The molecule has 1 saturated heterocycles. The molecule has 1 aliphatic heterocycles. The van der Waals surface area contributed by atoms with E-state index in [9.17, 15) is 13.6 Å². The number of benzene rings is 1. The summed E-state index contributed by atoms with van der Waals surface area (Å²) < 4.78 is 37.1. The maximum Gasteiger partial charge on any atom is 0.194 e. The molecule has 1 fully saturated rings. The van der Waals surface area contributed by atoms with Crippen LogP contribution >= 0.6 is 0 Å². The third kappa shape index (κ3) is 3.84. The summed E-state index contributed by atoms with van der Waals surface area (Å²) in [6.45, 7) is 3.47. The number of carbonyl (C=O) groups is 1. The molecule has 3 nitrogen and oxygen atoms in total. The molecule has 2 rings (SSSR count). The third-order valence-electron chi connectivity index (χ3n) is 3.49. The second-order valence-corrected chi connectivity index (χ2v) is 5.02. The molecule has 1 aromatic rings. The summed E-state index contributed by atoms with van der Waals surface area (Å²) in [4.78, 5) is 12.0. The Labute approximate surface area is 116 Å². The molecular formula is C15H18F2O3. The molecule has 5 heteroatoms. The second-order valence-electron chi connectivity index (χ2n) is 5.02. The number of ketones is 1. The Bertz CT molecular complexity index is 470. The van der Waals surface area contributed by atoms with E-state index in [0.29, 0.717) is 31.8 Å². The van der Waals surface area contributed by atoms with Gasteiger partial charge < -0.3 is 9.47 Å². The largest absolute Gasteiger partial charge is 0.381 e. The summed E-state index contributed by atoms with van der Waals surface area (Å²) in [7, 11) is 0. The predicted molar refractivity (Wildman–Crippen MR) is 69.6 cm³/mol. The van der Waals surface area contributed by atoms with Crippen molar-refractivity contribution in [2.75, 3.05) is 19.8 Å². The van der Waals surface area contributed by atoms with E-state index in [-0.39, 0.29) is 5.56 Å². The predicted octanol–water partition coefficient (Wildman–Crippen LogP) is 2.98. The van der Waals surface area contributed by atoms with Crippen molar-refractivity contribution in [1.29, 1.82) is 0 Å². The summed E-state index contributed by atoms with van der Waals surface area (Å²) in [5.74, 6) is -1.64. The molecule has 0 aliphatic carbocycles. The maximum absolute atomic E-state index is 13.5. The zero-order valence-electron chi connectivity index (χ0n) is 11.4. The molecular weight excluding hydrogens is 266 g/mol. The molecule has 0 N–H and O–H groups in total. The number of hydrogen-bond donors (Lipinski definition) is 0. The van der Waals surface area contributed by atoms with E-state index < -0.39 is 23.5 Å². The minimum atomic E-state index is -0.850. The van der Waals surface area contributed by atoms with Crippen molar-refractivity contribution in [2.24, 2.45) is 5.92 Å². The first kappa shape index (κ1) is 15.1. The van der Waals surface area contributed by atoms with Crippen molar-refractivity contribution < 1.29 is 23.0 Å². The molecule has 0 saturated carbocycles. The minimum Gasteiger partial charge on any atom is -0.381 e. The highest BCUT2D eigenvalue weighted by atomic mass is 19.1. The molecule has 0 amide bonds. The monoisotopic (exact) mass is 284 g/mol. The van der Waals surface area contributed by atoms with Gasteiger partial charge in [-0.05, 0) is 37.8 Å². The Morgan fingerprint density at radius 1 is 1.40 bits per heavy atom. The zero-order valence-corrected chi connectivity index (χ0v) is 11.4. The first-order valence-corrected chi connectivity index (χ1v) is 6.76. The lowest BCUT2D eigenvalue weighted by Gasteiger charge is -2.23. The van der Waals surface area contributed by atoms with E-state index in [1.807, 2.05) is 0 Å². The molecule has 20 heavy (non-hydrogen) atoms. The number of hydrogen-bond acceptors (Lipinski definition) is 3. The van der Waals surface area contributed by atoms with Crippen LogP contribution in [0.1, 0.15) is 30.1 Å². The normalized spacial score (nSPS) is 17.9. The van der Waals surface area contributed by atoms with E-state index in [4.69, 9.17) is 9.47 Å². The molecule has 110 valence electrons. The van der Waals surface area contributed by atoms with Crippen molar-refractivity contribution >= 4 is 5.78 Å². The van der Waals surface area contributed by atoms with Gasteiger partial charge in [-0.25, -0.2) is 8.78 Å². The molecule has 1 heterocycles. The highest BCUT2D eigenvalue weighted by molar-refractivity contribution is 5.99. The summed E-state index contributed by atoms with van der Waals surface area (Å²) >= 11 is 0. The maximum atomic E-state index is 13.5. The summed E-state index contributed by atoms with van der Waals surface area (Å²) in [6, 6.07) is 2.93.